The molecule has 2 bridgehead atoms. The zero-order valence-corrected chi connectivity index (χ0v) is 11.1. The number of aromatic nitrogens is 1. The van der Waals surface area contributed by atoms with E-state index in [-0.39, 0.29) is 5.56 Å². The quantitative estimate of drug-likeness (QED) is 0.868. The average molecular weight is 263 g/mol. The number of anilines is 1. The van der Waals surface area contributed by atoms with Crippen molar-refractivity contribution < 1.29 is 4.74 Å². The van der Waals surface area contributed by atoms with Gasteiger partial charge in [-0.05, 0) is 25.3 Å². The standard InChI is InChI=1S/C14H21N3O2/c15-11-2-5-14(18)17(8-11)7-1-6-16-9-12-3-4-13(10-16)19-12/h2,5,8,12-13H,1,3-4,6-7,9-10,15H2. The Morgan fingerprint density at radius 3 is 2.68 bits per heavy atom. The fourth-order valence-electron chi connectivity index (χ4n) is 3.07. The molecule has 0 amide bonds. The number of fused-ring (bicyclic) bond motifs is 2. The van der Waals surface area contributed by atoms with Crippen molar-refractivity contribution in [2.24, 2.45) is 0 Å². The Morgan fingerprint density at radius 2 is 1.95 bits per heavy atom. The van der Waals surface area contributed by atoms with E-state index in [1.165, 1.54) is 18.9 Å². The number of nitrogen functional groups attached to an aromatic ring is 1. The third-order valence-electron chi connectivity index (χ3n) is 4.00. The summed E-state index contributed by atoms with van der Waals surface area (Å²) in [6, 6.07) is 3.18. The number of rotatable bonds is 4. The normalized spacial score (nSPS) is 26.7. The molecule has 2 N–H and O–H groups in total. The van der Waals surface area contributed by atoms with E-state index in [1.807, 2.05) is 0 Å². The number of nitrogens with zero attached hydrogens (tertiary/aromatic N) is 2. The van der Waals surface area contributed by atoms with E-state index in [1.54, 1.807) is 16.8 Å². The summed E-state index contributed by atoms with van der Waals surface area (Å²) in [5.41, 5.74) is 6.37. The Morgan fingerprint density at radius 1 is 1.21 bits per heavy atom. The van der Waals surface area contributed by atoms with Crippen LogP contribution in [-0.2, 0) is 11.3 Å². The predicted octanol–water partition coefficient (Wildman–Crippen LogP) is 0.684. The molecule has 0 aliphatic carbocycles. The van der Waals surface area contributed by atoms with Gasteiger partial charge in [-0.2, -0.15) is 0 Å². The summed E-state index contributed by atoms with van der Waals surface area (Å²) in [7, 11) is 0. The molecule has 0 aromatic carbocycles. The van der Waals surface area contributed by atoms with Crippen LogP contribution in [0.15, 0.2) is 23.1 Å². The Labute approximate surface area is 113 Å². The Kier molecular flexibility index (Phi) is 3.57. The van der Waals surface area contributed by atoms with Gasteiger partial charge in [0.05, 0.1) is 12.2 Å². The molecule has 1 aromatic rings. The number of morpholine rings is 1. The number of nitrogens with two attached hydrogens (primary N) is 1. The van der Waals surface area contributed by atoms with Gasteiger partial charge in [-0.15, -0.1) is 0 Å². The lowest BCUT2D eigenvalue weighted by molar-refractivity contribution is -0.0386. The van der Waals surface area contributed by atoms with Gasteiger partial charge in [-0.1, -0.05) is 0 Å². The molecule has 3 rings (SSSR count). The molecule has 5 heteroatoms. The fourth-order valence-corrected chi connectivity index (χ4v) is 3.07. The van der Waals surface area contributed by atoms with Gasteiger partial charge < -0.3 is 15.0 Å². The largest absolute Gasteiger partial charge is 0.398 e. The number of hydrogen-bond donors (Lipinski definition) is 1. The van der Waals surface area contributed by atoms with Gasteiger partial charge >= 0.3 is 0 Å². The van der Waals surface area contributed by atoms with Gasteiger partial charge in [0.1, 0.15) is 0 Å². The zero-order chi connectivity index (χ0) is 13.2. The SMILES string of the molecule is Nc1ccc(=O)n(CCCN2CC3CCC(C2)O3)c1. The molecular formula is C14H21N3O2. The highest BCUT2D eigenvalue weighted by molar-refractivity contribution is 5.33. The molecule has 104 valence electrons. The summed E-state index contributed by atoms with van der Waals surface area (Å²) in [6.07, 6.45) is 5.99. The van der Waals surface area contributed by atoms with Crippen LogP contribution in [0.1, 0.15) is 19.3 Å². The van der Waals surface area contributed by atoms with Crippen LogP contribution < -0.4 is 11.3 Å². The fraction of sp³-hybridized carbons (Fsp3) is 0.643. The summed E-state index contributed by atoms with van der Waals surface area (Å²) in [4.78, 5) is 14.1. The first-order valence-corrected chi connectivity index (χ1v) is 7.04. The van der Waals surface area contributed by atoms with Crippen LogP contribution in [0.2, 0.25) is 0 Å². The summed E-state index contributed by atoms with van der Waals surface area (Å²) >= 11 is 0. The van der Waals surface area contributed by atoms with Crippen LogP contribution in [0.4, 0.5) is 5.69 Å². The van der Waals surface area contributed by atoms with Crippen molar-refractivity contribution in [3.63, 3.8) is 0 Å². The number of ether oxygens (including phenoxy) is 1. The van der Waals surface area contributed by atoms with E-state index in [0.717, 1.165) is 32.6 Å². The third-order valence-corrected chi connectivity index (χ3v) is 4.00. The lowest BCUT2D eigenvalue weighted by atomic mass is 10.2. The molecule has 2 atom stereocenters. The van der Waals surface area contributed by atoms with Crippen molar-refractivity contribution in [3.8, 4) is 0 Å². The summed E-state index contributed by atoms with van der Waals surface area (Å²) in [5, 5.41) is 0. The van der Waals surface area contributed by atoms with Crippen LogP contribution in [0.25, 0.3) is 0 Å². The average Bonchev–Trinajstić information content (AvgIpc) is 2.73. The molecule has 5 nitrogen and oxygen atoms in total. The second-order valence-electron chi connectivity index (χ2n) is 5.56. The van der Waals surface area contributed by atoms with E-state index in [4.69, 9.17) is 10.5 Å². The van der Waals surface area contributed by atoms with Crippen molar-refractivity contribution in [1.82, 2.24) is 9.47 Å². The van der Waals surface area contributed by atoms with Crippen LogP contribution >= 0.6 is 0 Å². The second kappa shape index (κ2) is 5.35. The van der Waals surface area contributed by atoms with Gasteiger partial charge in [0, 0.05) is 44.1 Å². The van der Waals surface area contributed by atoms with Crippen molar-refractivity contribution in [2.75, 3.05) is 25.4 Å². The molecule has 0 saturated carbocycles. The number of pyridine rings is 1. The molecule has 2 aliphatic heterocycles. The van der Waals surface area contributed by atoms with E-state index in [9.17, 15) is 4.79 Å². The molecule has 0 spiro atoms. The van der Waals surface area contributed by atoms with Gasteiger partial charge in [0.15, 0.2) is 0 Å². The van der Waals surface area contributed by atoms with Gasteiger partial charge in [-0.3, -0.25) is 9.69 Å². The molecule has 2 unspecified atom stereocenters. The first-order chi connectivity index (χ1) is 9.20. The van der Waals surface area contributed by atoms with Gasteiger partial charge in [-0.25, -0.2) is 0 Å². The van der Waals surface area contributed by atoms with Crippen LogP contribution in [0.3, 0.4) is 0 Å². The molecule has 3 heterocycles. The summed E-state index contributed by atoms with van der Waals surface area (Å²) < 4.78 is 7.51. The highest BCUT2D eigenvalue weighted by atomic mass is 16.5. The Balaban J connectivity index is 1.50. The van der Waals surface area contributed by atoms with Crippen molar-refractivity contribution in [3.05, 3.63) is 28.7 Å². The van der Waals surface area contributed by atoms with Crippen LogP contribution in [-0.4, -0.2) is 41.3 Å². The lowest BCUT2D eigenvalue weighted by Gasteiger charge is -2.32. The maximum atomic E-state index is 11.6. The van der Waals surface area contributed by atoms with Gasteiger partial charge in [0.25, 0.3) is 5.56 Å². The third kappa shape index (κ3) is 2.98. The zero-order valence-electron chi connectivity index (χ0n) is 11.1. The van der Waals surface area contributed by atoms with E-state index >= 15 is 0 Å². The van der Waals surface area contributed by atoms with Gasteiger partial charge in [0.2, 0.25) is 0 Å². The minimum absolute atomic E-state index is 0.0243. The van der Waals surface area contributed by atoms with Crippen molar-refractivity contribution in [2.45, 2.75) is 38.0 Å². The van der Waals surface area contributed by atoms with Crippen molar-refractivity contribution in [1.29, 1.82) is 0 Å². The molecule has 2 saturated heterocycles. The monoisotopic (exact) mass is 263 g/mol. The maximum Gasteiger partial charge on any atom is 0.250 e. The Hall–Kier alpha value is -1.33. The minimum Gasteiger partial charge on any atom is -0.398 e. The van der Waals surface area contributed by atoms with Crippen LogP contribution in [0, 0.1) is 0 Å². The maximum absolute atomic E-state index is 11.6. The minimum atomic E-state index is 0.0243. The summed E-state index contributed by atoms with van der Waals surface area (Å²) in [6.45, 7) is 3.85. The smallest absolute Gasteiger partial charge is 0.250 e. The van der Waals surface area contributed by atoms with Crippen LogP contribution in [0.5, 0.6) is 0 Å². The molecular weight excluding hydrogens is 242 g/mol. The number of aryl methyl sites for hydroxylation is 1. The first kappa shape index (κ1) is 12.7. The predicted molar refractivity (Wildman–Crippen MR) is 74.1 cm³/mol. The first-order valence-electron chi connectivity index (χ1n) is 7.04. The molecule has 1 aromatic heterocycles. The number of hydrogen-bond acceptors (Lipinski definition) is 4. The second-order valence-corrected chi connectivity index (χ2v) is 5.56. The number of likely N-dealkylation sites (tertiary alicyclic amines) is 1. The summed E-state index contributed by atoms with van der Waals surface area (Å²) in [5.74, 6) is 0. The Bertz CT molecular complexity index is 488. The molecule has 0 radical (unpaired) electrons. The lowest BCUT2D eigenvalue weighted by Crippen LogP contribution is -2.43. The highest BCUT2D eigenvalue weighted by Gasteiger charge is 2.33. The van der Waals surface area contributed by atoms with E-state index < -0.39 is 0 Å². The molecule has 2 aliphatic rings. The highest BCUT2D eigenvalue weighted by Crippen LogP contribution is 2.26. The molecule has 19 heavy (non-hydrogen) atoms. The van der Waals surface area contributed by atoms with E-state index in [0.29, 0.717) is 17.9 Å². The van der Waals surface area contributed by atoms with Crippen molar-refractivity contribution >= 4 is 5.69 Å². The van der Waals surface area contributed by atoms with E-state index in [2.05, 4.69) is 4.90 Å². The topological polar surface area (TPSA) is 60.5 Å². The molecule has 2 fully saturated rings.